The maximum atomic E-state index is 11.6. The van der Waals surface area contributed by atoms with E-state index in [-0.39, 0.29) is 24.7 Å². The fraction of sp³-hybridized carbons (Fsp3) is 0.455. The van der Waals surface area contributed by atoms with Gasteiger partial charge in [-0.25, -0.2) is 0 Å². The van der Waals surface area contributed by atoms with E-state index in [2.05, 4.69) is 6.58 Å². The van der Waals surface area contributed by atoms with Crippen LogP contribution in [0.25, 0.3) is 0 Å². The van der Waals surface area contributed by atoms with Crippen LogP contribution >= 0.6 is 0 Å². The first kappa shape index (κ1) is 11.0. The fourth-order valence-electron chi connectivity index (χ4n) is 1.83. The Morgan fingerprint density at radius 3 is 2.88 bits per heavy atom. The lowest BCUT2D eigenvalue weighted by Gasteiger charge is -2.26. The molecule has 1 fully saturated rings. The summed E-state index contributed by atoms with van der Waals surface area (Å²) in [7, 11) is 0. The maximum absolute atomic E-state index is 11.6. The van der Waals surface area contributed by atoms with Gasteiger partial charge in [0.2, 0.25) is 5.91 Å². The van der Waals surface area contributed by atoms with Crippen molar-refractivity contribution in [2.75, 3.05) is 6.61 Å². The van der Waals surface area contributed by atoms with Crippen molar-refractivity contribution in [1.82, 2.24) is 4.90 Å². The van der Waals surface area contributed by atoms with E-state index in [1.165, 1.54) is 17.2 Å². The Morgan fingerprint density at radius 1 is 1.56 bits per heavy atom. The molecule has 0 radical (unpaired) electrons. The van der Waals surface area contributed by atoms with Crippen LogP contribution < -0.4 is 0 Å². The minimum atomic E-state index is -0.443. The second-order valence-electron chi connectivity index (χ2n) is 3.88. The van der Waals surface area contributed by atoms with Crippen LogP contribution in [0.4, 0.5) is 0 Å². The van der Waals surface area contributed by atoms with Crippen LogP contribution in [0.1, 0.15) is 12.8 Å². The molecule has 2 atom stereocenters. The van der Waals surface area contributed by atoms with Gasteiger partial charge in [-0.05, 0) is 11.6 Å². The molecule has 0 aromatic heterocycles. The summed E-state index contributed by atoms with van der Waals surface area (Å²) in [5.74, 6) is -0.472. The average Bonchev–Trinajstić information content (AvgIpc) is 2.59. The van der Waals surface area contributed by atoms with Gasteiger partial charge in [-0.3, -0.25) is 14.5 Å². The van der Waals surface area contributed by atoms with Gasteiger partial charge in [-0.2, -0.15) is 0 Å². The van der Waals surface area contributed by atoms with E-state index >= 15 is 0 Å². The number of nitrogens with zero attached hydrogens (tertiary/aromatic N) is 1. The molecule has 0 saturated carbocycles. The number of ether oxygens (including phenoxy) is 1. The van der Waals surface area contributed by atoms with Crippen molar-refractivity contribution in [2.45, 2.75) is 25.2 Å². The van der Waals surface area contributed by atoms with E-state index in [1.807, 2.05) is 0 Å². The minimum absolute atomic E-state index is 0.118. The normalized spacial score (nSPS) is 30.3. The summed E-state index contributed by atoms with van der Waals surface area (Å²) in [6.07, 6.45) is 2.32. The molecule has 5 nitrogen and oxygen atoms in total. The monoisotopic (exact) mass is 223 g/mol. The summed E-state index contributed by atoms with van der Waals surface area (Å²) in [4.78, 5) is 24.0. The van der Waals surface area contributed by atoms with Crippen LogP contribution in [0.2, 0.25) is 0 Å². The number of rotatable bonds is 2. The van der Waals surface area contributed by atoms with E-state index in [0.717, 1.165) is 5.57 Å². The first-order valence-corrected chi connectivity index (χ1v) is 5.08. The molecule has 16 heavy (non-hydrogen) atoms. The van der Waals surface area contributed by atoms with Gasteiger partial charge in [0, 0.05) is 12.6 Å². The maximum Gasteiger partial charge on any atom is 0.236 e. The highest BCUT2D eigenvalue weighted by Crippen LogP contribution is 2.28. The SMILES string of the molecule is C=C1C[C@@H](N2C=CC(=O)CC2=O)O[C@H]1CO. The third-order valence-electron chi connectivity index (χ3n) is 2.72. The van der Waals surface area contributed by atoms with Crippen LogP contribution in [0.5, 0.6) is 0 Å². The number of carbonyl (C=O) groups excluding carboxylic acids is 2. The van der Waals surface area contributed by atoms with Gasteiger partial charge < -0.3 is 9.84 Å². The number of hydrogen-bond acceptors (Lipinski definition) is 4. The number of allylic oxidation sites excluding steroid dienone is 1. The topological polar surface area (TPSA) is 66.8 Å². The molecule has 0 aromatic carbocycles. The highest BCUT2D eigenvalue weighted by atomic mass is 16.5. The highest BCUT2D eigenvalue weighted by Gasteiger charge is 2.35. The van der Waals surface area contributed by atoms with Gasteiger partial charge in [-0.1, -0.05) is 6.58 Å². The van der Waals surface area contributed by atoms with Crippen LogP contribution in [0.15, 0.2) is 24.4 Å². The zero-order chi connectivity index (χ0) is 11.7. The molecule has 0 spiro atoms. The Labute approximate surface area is 93.0 Å². The number of carbonyl (C=O) groups is 2. The van der Waals surface area contributed by atoms with Crippen molar-refractivity contribution in [3.63, 3.8) is 0 Å². The van der Waals surface area contributed by atoms with Gasteiger partial charge in [0.15, 0.2) is 5.78 Å². The molecule has 2 heterocycles. The Hall–Kier alpha value is -1.46. The minimum Gasteiger partial charge on any atom is -0.393 e. The van der Waals surface area contributed by atoms with Crippen molar-refractivity contribution in [2.24, 2.45) is 0 Å². The van der Waals surface area contributed by atoms with Gasteiger partial charge in [0.25, 0.3) is 0 Å². The molecular formula is C11H13NO4. The lowest BCUT2D eigenvalue weighted by Crippen LogP contribution is -2.39. The van der Waals surface area contributed by atoms with Crippen molar-refractivity contribution < 1.29 is 19.4 Å². The predicted molar refractivity (Wildman–Crippen MR) is 55.1 cm³/mol. The Kier molecular flexibility index (Phi) is 2.89. The van der Waals surface area contributed by atoms with E-state index in [9.17, 15) is 9.59 Å². The Morgan fingerprint density at radius 2 is 2.31 bits per heavy atom. The molecular weight excluding hydrogens is 210 g/mol. The predicted octanol–water partition coefficient (Wildman–Crippen LogP) is -0.0350. The molecule has 2 aliphatic heterocycles. The molecule has 2 aliphatic rings. The average molecular weight is 223 g/mol. The quantitative estimate of drug-likeness (QED) is 0.527. The number of amides is 1. The second kappa shape index (κ2) is 4.19. The first-order chi connectivity index (χ1) is 7.61. The summed E-state index contributed by atoms with van der Waals surface area (Å²) < 4.78 is 5.46. The molecule has 0 unspecified atom stereocenters. The van der Waals surface area contributed by atoms with Crippen LogP contribution in [-0.4, -0.2) is 40.6 Å². The summed E-state index contributed by atoms with van der Waals surface area (Å²) in [6.45, 7) is 3.64. The zero-order valence-corrected chi connectivity index (χ0v) is 8.76. The van der Waals surface area contributed by atoms with Crippen molar-refractivity contribution in [3.05, 3.63) is 24.4 Å². The molecule has 2 rings (SSSR count). The van der Waals surface area contributed by atoms with Crippen LogP contribution in [0, 0.1) is 0 Å². The van der Waals surface area contributed by atoms with Gasteiger partial charge >= 0.3 is 0 Å². The number of aliphatic hydroxyl groups excluding tert-OH is 1. The van der Waals surface area contributed by atoms with Gasteiger partial charge in [0.1, 0.15) is 12.3 Å². The standard InChI is InChI=1S/C11H13NO4/c1-7-4-11(16-9(7)6-13)12-3-2-8(14)5-10(12)15/h2-3,9,11,13H,1,4-6H2/t9-,11-/m0/s1. The lowest BCUT2D eigenvalue weighted by atomic mass is 10.1. The third-order valence-corrected chi connectivity index (χ3v) is 2.72. The fourth-order valence-corrected chi connectivity index (χ4v) is 1.83. The summed E-state index contributed by atoms with van der Waals surface area (Å²) in [5.41, 5.74) is 0.769. The summed E-state index contributed by atoms with van der Waals surface area (Å²) in [5, 5.41) is 9.00. The molecule has 0 aliphatic carbocycles. The molecule has 1 amide bonds. The van der Waals surface area contributed by atoms with Crippen LogP contribution in [0.3, 0.4) is 0 Å². The van der Waals surface area contributed by atoms with Crippen molar-refractivity contribution >= 4 is 11.7 Å². The molecule has 86 valence electrons. The van der Waals surface area contributed by atoms with Crippen LogP contribution in [-0.2, 0) is 14.3 Å². The number of ketones is 1. The molecule has 1 saturated heterocycles. The van der Waals surface area contributed by atoms with E-state index in [0.29, 0.717) is 6.42 Å². The number of aliphatic hydroxyl groups is 1. The molecule has 0 aromatic rings. The largest absolute Gasteiger partial charge is 0.393 e. The molecule has 1 N–H and O–H groups in total. The second-order valence-corrected chi connectivity index (χ2v) is 3.88. The van der Waals surface area contributed by atoms with Crippen molar-refractivity contribution in [3.8, 4) is 0 Å². The van der Waals surface area contributed by atoms with E-state index in [1.54, 1.807) is 0 Å². The van der Waals surface area contributed by atoms with Crippen molar-refractivity contribution in [1.29, 1.82) is 0 Å². The zero-order valence-electron chi connectivity index (χ0n) is 8.76. The third kappa shape index (κ3) is 1.91. The summed E-state index contributed by atoms with van der Waals surface area (Å²) in [6, 6.07) is 0. The Bertz CT molecular complexity index is 374. The molecule has 0 bridgehead atoms. The smallest absolute Gasteiger partial charge is 0.236 e. The van der Waals surface area contributed by atoms with E-state index in [4.69, 9.17) is 9.84 Å². The van der Waals surface area contributed by atoms with Gasteiger partial charge in [0.05, 0.1) is 13.0 Å². The first-order valence-electron chi connectivity index (χ1n) is 5.08. The van der Waals surface area contributed by atoms with E-state index < -0.39 is 12.3 Å². The highest BCUT2D eigenvalue weighted by molar-refractivity contribution is 6.06. The molecule has 5 heteroatoms. The van der Waals surface area contributed by atoms with Gasteiger partial charge in [-0.15, -0.1) is 0 Å². The lowest BCUT2D eigenvalue weighted by molar-refractivity contribution is -0.143. The Balaban J connectivity index is 2.09. The number of hydrogen-bond donors (Lipinski definition) is 1. The summed E-state index contributed by atoms with van der Waals surface area (Å²) >= 11 is 0.